The summed E-state index contributed by atoms with van der Waals surface area (Å²) in [5.74, 6) is 1.92. The highest BCUT2D eigenvalue weighted by atomic mass is 127. The van der Waals surface area contributed by atoms with Gasteiger partial charge in [0.25, 0.3) is 0 Å². The molecule has 0 saturated heterocycles. The Labute approximate surface area is 183 Å². The Morgan fingerprint density at radius 2 is 1.31 bits per heavy atom. The fourth-order valence-electron chi connectivity index (χ4n) is 2.90. The molecule has 0 fully saturated rings. The Morgan fingerprint density at radius 1 is 0.793 bits per heavy atom. The lowest BCUT2D eigenvalue weighted by Crippen LogP contribution is -1.99. The monoisotopic (exact) mass is 497 g/mol. The van der Waals surface area contributed by atoms with Crippen molar-refractivity contribution in [1.29, 1.82) is 0 Å². The molecule has 6 heteroatoms. The number of aromatic amines is 1. The molecule has 4 rings (SSSR count). The van der Waals surface area contributed by atoms with Crippen molar-refractivity contribution in [3.63, 3.8) is 0 Å². The van der Waals surface area contributed by atoms with Gasteiger partial charge in [-0.1, -0.05) is 60.7 Å². The number of nitrogens with zero attached hydrogens (tertiary/aromatic N) is 1. The molecule has 0 aliphatic carbocycles. The van der Waals surface area contributed by atoms with Gasteiger partial charge in [0, 0.05) is 11.6 Å². The maximum atomic E-state index is 6.05. The second kappa shape index (κ2) is 9.00. The van der Waals surface area contributed by atoms with Gasteiger partial charge in [0.05, 0.1) is 9.26 Å². The van der Waals surface area contributed by atoms with Crippen LogP contribution in [-0.2, 0) is 13.2 Å². The molecule has 5 nitrogen and oxygen atoms in total. The van der Waals surface area contributed by atoms with Crippen molar-refractivity contribution in [3.8, 4) is 22.8 Å². The number of aromatic nitrogens is 2. The summed E-state index contributed by atoms with van der Waals surface area (Å²) in [4.78, 5) is 0. The Morgan fingerprint density at radius 3 is 1.76 bits per heavy atom. The number of nitrogens with one attached hydrogen (secondary N) is 1. The fourth-order valence-corrected chi connectivity index (χ4v) is 3.45. The molecule has 0 amide bonds. The highest BCUT2D eigenvalue weighted by molar-refractivity contribution is 14.1. The molecule has 146 valence electrons. The van der Waals surface area contributed by atoms with Gasteiger partial charge in [-0.25, -0.2) is 0 Å². The van der Waals surface area contributed by atoms with Crippen molar-refractivity contribution in [2.24, 2.45) is 0 Å². The minimum atomic E-state index is 0.475. The van der Waals surface area contributed by atoms with Crippen LogP contribution >= 0.6 is 22.6 Å². The van der Waals surface area contributed by atoms with Gasteiger partial charge >= 0.3 is 0 Å². The van der Waals surface area contributed by atoms with E-state index in [1.165, 1.54) is 0 Å². The summed E-state index contributed by atoms with van der Waals surface area (Å²) in [5.41, 5.74) is 9.87. The molecule has 1 heterocycles. The van der Waals surface area contributed by atoms with Crippen LogP contribution in [0, 0.1) is 3.57 Å². The molecule has 0 spiro atoms. The van der Waals surface area contributed by atoms with Crippen LogP contribution in [0.15, 0.2) is 78.9 Å². The number of halogens is 1. The van der Waals surface area contributed by atoms with Crippen molar-refractivity contribution >= 4 is 28.4 Å². The first-order valence-electron chi connectivity index (χ1n) is 9.17. The zero-order valence-corrected chi connectivity index (χ0v) is 17.8. The predicted molar refractivity (Wildman–Crippen MR) is 123 cm³/mol. The zero-order valence-electron chi connectivity index (χ0n) is 15.6. The highest BCUT2D eigenvalue weighted by Gasteiger charge is 2.13. The number of nitrogens with two attached hydrogens (primary N) is 1. The van der Waals surface area contributed by atoms with Gasteiger partial charge in [-0.05, 0) is 45.9 Å². The quantitative estimate of drug-likeness (QED) is 0.335. The number of nitrogen functional groups attached to an aromatic ring is 1. The minimum absolute atomic E-state index is 0.475. The smallest absolute Gasteiger partial charge is 0.159 e. The van der Waals surface area contributed by atoms with Crippen LogP contribution in [0.3, 0.4) is 0 Å². The van der Waals surface area contributed by atoms with Gasteiger partial charge in [-0.2, -0.15) is 5.10 Å². The number of ether oxygens (including phenoxy) is 2. The lowest BCUT2D eigenvalue weighted by molar-refractivity contribution is 0.290. The van der Waals surface area contributed by atoms with E-state index in [1.54, 1.807) is 0 Å². The summed E-state index contributed by atoms with van der Waals surface area (Å²) in [6.07, 6.45) is 0. The van der Waals surface area contributed by atoms with Crippen LogP contribution in [0.2, 0.25) is 0 Å². The Kier molecular flexibility index (Phi) is 6.00. The molecule has 3 N–H and O–H groups in total. The minimum Gasteiger partial charge on any atom is -0.489 e. The molecule has 0 saturated carbocycles. The molecular weight excluding hydrogens is 477 g/mol. The number of benzene rings is 3. The van der Waals surface area contributed by atoms with E-state index in [4.69, 9.17) is 15.2 Å². The van der Waals surface area contributed by atoms with Crippen LogP contribution in [-0.4, -0.2) is 10.2 Å². The third-order valence-corrected chi connectivity index (χ3v) is 5.49. The average Bonchev–Trinajstić information content (AvgIpc) is 3.10. The molecule has 0 bridgehead atoms. The van der Waals surface area contributed by atoms with Crippen LogP contribution in [0.5, 0.6) is 11.5 Å². The van der Waals surface area contributed by atoms with Crippen LogP contribution in [0.4, 0.5) is 5.82 Å². The molecule has 3 aromatic carbocycles. The summed E-state index contributed by atoms with van der Waals surface area (Å²) >= 11 is 2.19. The molecule has 0 aliphatic rings. The Hall–Kier alpha value is -3.00. The molecular formula is C23H20IN3O2. The van der Waals surface area contributed by atoms with Crippen molar-refractivity contribution in [2.45, 2.75) is 13.2 Å². The van der Waals surface area contributed by atoms with Gasteiger partial charge in [0.15, 0.2) is 5.82 Å². The normalized spacial score (nSPS) is 10.7. The largest absolute Gasteiger partial charge is 0.489 e. The van der Waals surface area contributed by atoms with Gasteiger partial charge in [0.1, 0.15) is 24.7 Å². The van der Waals surface area contributed by atoms with E-state index < -0.39 is 0 Å². The van der Waals surface area contributed by atoms with E-state index in [9.17, 15) is 0 Å². The predicted octanol–water partition coefficient (Wildman–Crippen LogP) is 5.42. The lowest BCUT2D eigenvalue weighted by atomic mass is 10.1. The first-order chi connectivity index (χ1) is 14.2. The highest BCUT2D eigenvalue weighted by Crippen LogP contribution is 2.33. The van der Waals surface area contributed by atoms with Gasteiger partial charge in [-0.15, -0.1) is 0 Å². The fraction of sp³-hybridized carbons (Fsp3) is 0.0870. The van der Waals surface area contributed by atoms with E-state index in [0.717, 1.165) is 37.5 Å². The number of anilines is 1. The first kappa shape index (κ1) is 19.3. The maximum absolute atomic E-state index is 6.05. The third kappa shape index (κ3) is 4.89. The van der Waals surface area contributed by atoms with Crippen LogP contribution in [0.1, 0.15) is 11.1 Å². The number of hydrogen-bond acceptors (Lipinski definition) is 4. The number of H-pyrrole nitrogens is 1. The van der Waals surface area contributed by atoms with Gasteiger partial charge in [-0.3, -0.25) is 5.10 Å². The summed E-state index contributed by atoms with van der Waals surface area (Å²) in [6.45, 7) is 0.954. The SMILES string of the molecule is Nc1n[nH]c(-c2cc(OCc3ccccc3)cc(OCc3ccccc3)c2)c1I. The van der Waals surface area contributed by atoms with Crippen molar-refractivity contribution in [2.75, 3.05) is 5.73 Å². The maximum Gasteiger partial charge on any atom is 0.159 e. The molecule has 0 atom stereocenters. The summed E-state index contributed by atoms with van der Waals surface area (Å²) < 4.78 is 13.0. The summed E-state index contributed by atoms with van der Waals surface area (Å²) in [6, 6.07) is 26.0. The molecule has 0 radical (unpaired) electrons. The summed E-state index contributed by atoms with van der Waals surface area (Å²) in [5, 5.41) is 7.10. The zero-order chi connectivity index (χ0) is 20.1. The van der Waals surface area contributed by atoms with E-state index in [1.807, 2.05) is 78.9 Å². The van der Waals surface area contributed by atoms with Crippen LogP contribution < -0.4 is 15.2 Å². The van der Waals surface area contributed by atoms with Crippen molar-refractivity contribution in [1.82, 2.24) is 10.2 Å². The summed E-state index contributed by atoms with van der Waals surface area (Å²) in [7, 11) is 0. The van der Waals surface area contributed by atoms with E-state index >= 15 is 0 Å². The first-order valence-corrected chi connectivity index (χ1v) is 10.2. The van der Waals surface area contributed by atoms with Crippen molar-refractivity contribution in [3.05, 3.63) is 93.6 Å². The molecule has 1 aromatic heterocycles. The number of rotatable bonds is 7. The number of hydrogen-bond donors (Lipinski definition) is 2. The van der Waals surface area contributed by atoms with Crippen molar-refractivity contribution < 1.29 is 9.47 Å². The van der Waals surface area contributed by atoms with E-state index in [2.05, 4.69) is 32.8 Å². The third-order valence-electron chi connectivity index (χ3n) is 4.40. The molecule has 29 heavy (non-hydrogen) atoms. The standard InChI is InChI=1S/C23H20IN3O2/c24-21-22(26-27-23(21)25)18-11-19(28-14-16-7-3-1-4-8-16)13-20(12-18)29-15-17-9-5-2-6-10-17/h1-13H,14-15H2,(H3,25,26,27). The average molecular weight is 497 g/mol. The second-order valence-corrected chi connectivity index (χ2v) is 7.62. The Balaban J connectivity index is 1.60. The molecule has 0 aliphatic heterocycles. The molecule has 4 aromatic rings. The molecule has 0 unspecified atom stereocenters. The lowest BCUT2D eigenvalue weighted by Gasteiger charge is -2.12. The van der Waals surface area contributed by atoms with E-state index in [-0.39, 0.29) is 0 Å². The van der Waals surface area contributed by atoms with Gasteiger partial charge in [0.2, 0.25) is 0 Å². The van der Waals surface area contributed by atoms with Gasteiger partial charge < -0.3 is 15.2 Å². The van der Waals surface area contributed by atoms with E-state index in [0.29, 0.717) is 19.0 Å². The second-order valence-electron chi connectivity index (χ2n) is 6.54. The Bertz CT molecular complexity index is 1020. The topological polar surface area (TPSA) is 73.2 Å². The van der Waals surface area contributed by atoms with Crippen LogP contribution in [0.25, 0.3) is 11.3 Å².